The highest BCUT2D eigenvalue weighted by Crippen LogP contribution is 2.74. The molecule has 1 saturated heterocycles. The predicted octanol–water partition coefficient (Wildman–Crippen LogP) is 4.74. The first-order chi connectivity index (χ1) is 15.0. The number of hydrogen-bond donors (Lipinski definition) is 0. The van der Waals surface area contributed by atoms with Crippen molar-refractivity contribution < 1.29 is 113 Å². The van der Waals surface area contributed by atoms with Gasteiger partial charge < -0.3 is 0 Å². The number of halogens is 20. The maximum atomic E-state index is 14.2. The van der Waals surface area contributed by atoms with Crippen LogP contribution in [0.3, 0.4) is 0 Å². The van der Waals surface area contributed by atoms with Gasteiger partial charge in [0.25, 0.3) is 0 Å². The second-order valence-corrected chi connectivity index (χ2v) is 9.11. The Morgan fingerprint density at radius 3 is 0.694 bits per heavy atom. The largest absolute Gasteiger partial charge is 0.566 e. The minimum Gasteiger partial charge on any atom is -0.188 e. The molecule has 0 bridgehead atoms. The van der Waals surface area contributed by atoms with Crippen LogP contribution < -0.4 is 0 Å². The van der Waals surface area contributed by atoms with Crippen LogP contribution in [-0.2, 0) is 20.4 Å². The molecule has 1 heterocycles. The Kier molecular flexibility index (Phi) is 6.38. The number of alkyl halides is 16. The molecule has 216 valence electrons. The SMILES string of the molecule is O=S(=O)(F)C(F)(F)C(F)(F)[N+]1(F)C(F)(F)C(F)(F)[N+](F)(C(F)(F)C(F)(F)S(=O)(=O)F)C(F)(F)C1(F)F. The first-order valence-corrected chi connectivity index (χ1v) is 9.85. The van der Waals surface area contributed by atoms with Crippen LogP contribution in [0.25, 0.3) is 0 Å². The molecule has 0 amide bonds. The first-order valence-electron chi connectivity index (χ1n) is 7.09. The molecule has 0 saturated carbocycles. The lowest BCUT2D eigenvalue weighted by molar-refractivity contribution is -1.36. The van der Waals surface area contributed by atoms with Crippen LogP contribution in [0.1, 0.15) is 0 Å². The van der Waals surface area contributed by atoms with Gasteiger partial charge in [-0.05, 0) is 0 Å². The van der Waals surface area contributed by atoms with E-state index in [1.165, 1.54) is 0 Å². The molecule has 28 heteroatoms. The van der Waals surface area contributed by atoms with Crippen LogP contribution in [0.15, 0.2) is 0 Å². The number of rotatable bonds is 6. The fraction of sp³-hybridized carbons (Fsp3) is 1.00. The average molecular weight is 632 g/mol. The fourth-order valence-electron chi connectivity index (χ4n) is 2.45. The third-order valence-corrected chi connectivity index (χ3v) is 6.07. The van der Waals surface area contributed by atoms with Gasteiger partial charge in [0.05, 0.1) is 9.41 Å². The Morgan fingerprint density at radius 1 is 0.444 bits per heavy atom. The summed E-state index contributed by atoms with van der Waals surface area (Å²) in [4.78, 5) is 0. The van der Waals surface area contributed by atoms with Crippen molar-refractivity contribution in [3.8, 4) is 0 Å². The van der Waals surface area contributed by atoms with Crippen molar-refractivity contribution in [1.29, 1.82) is 0 Å². The molecule has 0 aromatic rings. The second-order valence-electron chi connectivity index (χ2n) is 6.33. The standard InChI is InChI=1S/C8F20N2O4S2/c9-1(10)2(11,12)30(26,6(19,20)8(23,24)36(28,33)34)4(15,16)3(13,14)29(1,25)5(17,18)7(21,22)35(27,31)32/q+2. The molecule has 1 aliphatic heterocycles. The molecule has 0 N–H and O–H groups in total. The van der Waals surface area contributed by atoms with Crippen LogP contribution in [0.4, 0.5) is 87.0 Å². The third-order valence-electron chi connectivity index (χ3n) is 4.36. The summed E-state index contributed by atoms with van der Waals surface area (Å²) >= 11 is 0. The molecule has 0 aliphatic carbocycles. The summed E-state index contributed by atoms with van der Waals surface area (Å²) in [7, 11) is -17.6. The molecule has 1 aliphatic rings. The summed E-state index contributed by atoms with van der Waals surface area (Å²) in [5.74, 6) is 0. The second kappa shape index (κ2) is 7.08. The van der Waals surface area contributed by atoms with Gasteiger partial charge in [0.15, 0.2) is 0 Å². The summed E-state index contributed by atoms with van der Waals surface area (Å²) in [6.45, 7) is 0. The number of nitrogens with zero attached hydrogens (tertiary/aromatic N) is 2. The quantitative estimate of drug-likeness (QED) is 0.184. The molecule has 0 aromatic heterocycles. The Balaban J connectivity index is 4.46. The molecule has 0 unspecified atom stereocenters. The van der Waals surface area contributed by atoms with Gasteiger partial charge in [0, 0.05) is 8.96 Å². The maximum absolute atomic E-state index is 14.2. The summed E-state index contributed by atoms with van der Waals surface area (Å²) in [5.41, 5.74) is 0. The molecule has 0 spiro atoms. The van der Waals surface area contributed by atoms with Gasteiger partial charge in [-0.25, -0.2) is 0 Å². The fourth-order valence-corrected chi connectivity index (χ4v) is 3.29. The number of hydrogen-bond acceptors (Lipinski definition) is 4. The molecule has 0 radical (unpaired) electrons. The number of piperazine rings is 1. The van der Waals surface area contributed by atoms with E-state index in [4.69, 9.17) is 0 Å². The zero-order chi connectivity index (χ0) is 30.0. The lowest BCUT2D eigenvalue weighted by Crippen LogP contribution is -2.97. The van der Waals surface area contributed by atoms with Crippen molar-refractivity contribution in [1.82, 2.24) is 0 Å². The van der Waals surface area contributed by atoms with Gasteiger partial charge in [-0.15, -0.1) is 52.7 Å². The first kappa shape index (κ1) is 32.4. The van der Waals surface area contributed by atoms with Gasteiger partial charge in [0.1, 0.15) is 0 Å². The Labute approximate surface area is 181 Å². The minimum atomic E-state index is -9.43. The summed E-state index contributed by atoms with van der Waals surface area (Å²) in [5, 5.41) is -17.1. The zero-order valence-electron chi connectivity index (χ0n) is 14.9. The average Bonchev–Trinajstić information content (AvgIpc) is 2.62. The van der Waals surface area contributed by atoms with Crippen molar-refractivity contribution >= 4 is 20.4 Å². The van der Waals surface area contributed by atoms with E-state index < -0.39 is 76.6 Å². The van der Waals surface area contributed by atoms with E-state index in [0.29, 0.717) is 0 Å². The van der Waals surface area contributed by atoms with Gasteiger partial charge in [-0.2, -0.15) is 34.4 Å². The van der Waals surface area contributed by atoms with E-state index in [0.717, 1.165) is 0 Å². The lowest BCUT2D eigenvalue weighted by atomic mass is 10.1. The Morgan fingerprint density at radius 2 is 0.583 bits per heavy atom. The van der Waals surface area contributed by atoms with Crippen molar-refractivity contribution in [2.45, 2.75) is 46.8 Å². The monoisotopic (exact) mass is 632 g/mol. The van der Waals surface area contributed by atoms with Gasteiger partial charge in [0.2, 0.25) is 0 Å². The topological polar surface area (TPSA) is 68.3 Å². The maximum Gasteiger partial charge on any atom is 0.566 e. The van der Waals surface area contributed by atoms with E-state index in [-0.39, 0.29) is 0 Å². The predicted molar refractivity (Wildman–Crippen MR) is 62.4 cm³/mol. The Hall–Kier alpha value is -1.58. The Bertz CT molecular complexity index is 1030. The van der Waals surface area contributed by atoms with Crippen molar-refractivity contribution in [2.24, 2.45) is 0 Å². The smallest absolute Gasteiger partial charge is 0.188 e. The van der Waals surface area contributed by atoms with Crippen molar-refractivity contribution in [3.05, 3.63) is 0 Å². The van der Waals surface area contributed by atoms with Gasteiger partial charge >= 0.3 is 67.2 Å². The lowest BCUT2D eigenvalue weighted by Gasteiger charge is -2.52. The van der Waals surface area contributed by atoms with E-state index in [2.05, 4.69) is 0 Å². The van der Waals surface area contributed by atoms with Crippen molar-refractivity contribution in [3.63, 3.8) is 0 Å². The molecule has 36 heavy (non-hydrogen) atoms. The zero-order valence-corrected chi connectivity index (χ0v) is 16.5. The molecule has 1 fully saturated rings. The molecule has 6 nitrogen and oxygen atoms in total. The van der Waals surface area contributed by atoms with Crippen LogP contribution in [0.2, 0.25) is 0 Å². The molecule has 0 aromatic carbocycles. The van der Waals surface area contributed by atoms with Crippen LogP contribution in [-0.4, -0.2) is 73.0 Å². The summed E-state index contributed by atoms with van der Waals surface area (Å²) < 4.78 is 294. The highest BCUT2D eigenvalue weighted by molar-refractivity contribution is 7.87. The van der Waals surface area contributed by atoms with Crippen molar-refractivity contribution in [2.75, 3.05) is 0 Å². The van der Waals surface area contributed by atoms with E-state index >= 15 is 0 Å². The molecule has 0 atom stereocenters. The summed E-state index contributed by atoms with van der Waals surface area (Å²) in [6, 6.07) is -56.1. The normalized spacial score (nSPS) is 31.2. The highest BCUT2D eigenvalue weighted by atomic mass is 32.3. The molecular weight excluding hydrogens is 632 g/mol. The highest BCUT2D eigenvalue weighted by Gasteiger charge is 3.17. The molecular formula is C8F20N2O4S2+2. The van der Waals surface area contributed by atoms with Crippen LogP contribution in [0.5, 0.6) is 0 Å². The third kappa shape index (κ3) is 2.83. The van der Waals surface area contributed by atoms with Crippen LogP contribution >= 0.6 is 0 Å². The van der Waals surface area contributed by atoms with Gasteiger partial charge in [-0.1, -0.05) is 7.77 Å². The number of quaternary nitrogens is 2. The minimum absolute atomic E-state index is 8.42. The van der Waals surface area contributed by atoms with Gasteiger partial charge in [-0.3, -0.25) is 0 Å². The van der Waals surface area contributed by atoms with Crippen LogP contribution in [0, 0.1) is 0 Å². The van der Waals surface area contributed by atoms with E-state index in [9.17, 15) is 104 Å². The summed E-state index contributed by atoms with van der Waals surface area (Å²) in [6.07, 6.45) is 0. The van der Waals surface area contributed by atoms with E-state index in [1.807, 2.05) is 0 Å². The van der Waals surface area contributed by atoms with E-state index in [1.54, 1.807) is 0 Å². The molecule has 1 rings (SSSR count).